The number of aromatic nitrogens is 2. The molecule has 0 fully saturated rings. The summed E-state index contributed by atoms with van der Waals surface area (Å²) in [5, 5.41) is 9.06. The Balaban J connectivity index is 1.81. The first-order valence-corrected chi connectivity index (χ1v) is 8.32. The standard InChI is InChI=1S/C20H19N3O4/c1-22-12-11-21-18(22)13-23(17-9-7-16(8-10-17)19(24)25)20(26)27-14-15-5-3-2-4-6-15/h2-12H,13-14H2,1H3,(H,24,25). The van der Waals surface area contributed by atoms with E-state index in [1.165, 1.54) is 17.0 Å². The molecule has 3 aromatic rings. The second-order valence-corrected chi connectivity index (χ2v) is 5.93. The zero-order chi connectivity index (χ0) is 19.2. The number of carbonyl (C=O) groups is 2. The Hall–Kier alpha value is -3.61. The molecule has 0 bridgehead atoms. The van der Waals surface area contributed by atoms with E-state index in [1.807, 2.05) is 41.9 Å². The van der Waals surface area contributed by atoms with E-state index in [2.05, 4.69) is 4.98 Å². The molecule has 7 nitrogen and oxygen atoms in total. The first-order chi connectivity index (χ1) is 13.0. The van der Waals surface area contributed by atoms with Crippen LogP contribution in [0, 0.1) is 0 Å². The summed E-state index contributed by atoms with van der Waals surface area (Å²) in [5.74, 6) is -0.349. The molecule has 0 radical (unpaired) electrons. The average Bonchev–Trinajstić information content (AvgIpc) is 3.09. The number of carboxylic acids is 1. The molecule has 0 saturated carbocycles. The molecule has 3 rings (SSSR count). The predicted molar refractivity (Wildman–Crippen MR) is 99.4 cm³/mol. The van der Waals surface area contributed by atoms with Crippen LogP contribution >= 0.6 is 0 Å². The molecule has 1 aromatic heterocycles. The van der Waals surface area contributed by atoms with Crippen molar-refractivity contribution in [3.63, 3.8) is 0 Å². The van der Waals surface area contributed by atoms with Gasteiger partial charge in [-0.3, -0.25) is 4.90 Å². The van der Waals surface area contributed by atoms with Crippen LogP contribution in [0.1, 0.15) is 21.7 Å². The Morgan fingerprint density at radius 1 is 1.11 bits per heavy atom. The number of benzene rings is 2. The maximum absolute atomic E-state index is 12.7. The van der Waals surface area contributed by atoms with Crippen LogP contribution in [0.15, 0.2) is 67.0 Å². The molecule has 0 aliphatic rings. The van der Waals surface area contributed by atoms with Crippen molar-refractivity contribution < 1.29 is 19.4 Å². The molecule has 1 heterocycles. The van der Waals surface area contributed by atoms with Gasteiger partial charge in [-0.25, -0.2) is 14.6 Å². The Morgan fingerprint density at radius 2 is 1.81 bits per heavy atom. The van der Waals surface area contributed by atoms with Gasteiger partial charge in [-0.15, -0.1) is 0 Å². The first-order valence-electron chi connectivity index (χ1n) is 8.32. The highest BCUT2D eigenvalue weighted by Gasteiger charge is 2.20. The normalized spacial score (nSPS) is 10.4. The number of ether oxygens (including phenoxy) is 1. The van der Waals surface area contributed by atoms with Crippen molar-refractivity contribution in [1.82, 2.24) is 9.55 Å². The first kappa shape index (κ1) is 18.2. The number of carbonyl (C=O) groups excluding carboxylic acids is 1. The third kappa shape index (κ3) is 4.52. The van der Waals surface area contributed by atoms with Crippen molar-refractivity contribution in [3.8, 4) is 0 Å². The third-order valence-electron chi connectivity index (χ3n) is 4.07. The van der Waals surface area contributed by atoms with E-state index in [0.29, 0.717) is 11.5 Å². The highest BCUT2D eigenvalue weighted by atomic mass is 16.6. The number of aryl methyl sites for hydroxylation is 1. The van der Waals surface area contributed by atoms with Gasteiger partial charge in [0.25, 0.3) is 0 Å². The lowest BCUT2D eigenvalue weighted by atomic mass is 10.2. The van der Waals surface area contributed by atoms with Crippen LogP contribution in [0.25, 0.3) is 0 Å². The second kappa shape index (κ2) is 8.18. The third-order valence-corrected chi connectivity index (χ3v) is 4.07. The summed E-state index contributed by atoms with van der Waals surface area (Å²) >= 11 is 0. The summed E-state index contributed by atoms with van der Waals surface area (Å²) < 4.78 is 7.25. The van der Waals surface area contributed by atoms with Gasteiger partial charge in [0, 0.05) is 25.1 Å². The number of aromatic carboxylic acids is 1. The average molecular weight is 365 g/mol. The lowest BCUT2D eigenvalue weighted by Gasteiger charge is -2.22. The zero-order valence-corrected chi connectivity index (χ0v) is 14.8. The van der Waals surface area contributed by atoms with Crippen LogP contribution < -0.4 is 4.90 Å². The van der Waals surface area contributed by atoms with Gasteiger partial charge in [-0.1, -0.05) is 30.3 Å². The molecule has 0 saturated heterocycles. The van der Waals surface area contributed by atoms with Crippen LogP contribution in [0.5, 0.6) is 0 Å². The molecule has 0 atom stereocenters. The number of imidazole rings is 1. The Labute approximate surface area is 156 Å². The minimum absolute atomic E-state index is 0.143. The lowest BCUT2D eigenvalue weighted by Crippen LogP contribution is -2.32. The number of carboxylic acid groups (broad SMARTS) is 1. The summed E-state index contributed by atoms with van der Waals surface area (Å²) in [7, 11) is 1.84. The Bertz CT molecular complexity index is 920. The molecule has 138 valence electrons. The van der Waals surface area contributed by atoms with E-state index in [-0.39, 0.29) is 18.7 Å². The van der Waals surface area contributed by atoms with Gasteiger partial charge in [0.1, 0.15) is 12.4 Å². The number of rotatable bonds is 6. The Kier molecular flexibility index (Phi) is 5.51. The Morgan fingerprint density at radius 3 is 2.41 bits per heavy atom. The van der Waals surface area contributed by atoms with Crippen LogP contribution in [0.4, 0.5) is 10.5 Å². The summed E-state index contributed by atoms with van der Waals surface area (Å²) in [5.41, 5.74) is 1.55. The number of anilines is 1. The number of hydrogen-bond donors (Lipinski definition) is 1. The highest BCUT2D eigenvalue weighted by Crippen LogP contribution is 2.19. The van der Waals surface area contributed by atoms with Gasteiger partial charge in [0.15, 0.2) is 0 Å². The fourth-order valence-electron chi connectivity index (χ4n) is 2.53. The van der Waals surface area contributed by atoms with Crippen LogP contribution in [0.2, 0.25) is 0 Å². The van der Waals surface area contributed by atoms with Crippen molar-refractivity contribution in [2.45, 2.75) is 13.2 Å². The summed E-state index contributed by atoms with van der Waals surface area (Å²) in [6, 6.07) is 15.4. The monoisotopic (exact) mass is 365 g/mol. The number of amides is 1. The van der Waals surface area contributed by atoms with Crippen molar-refractivity contribution in [1.29, 1.82) is 0 Å². The molecule has 27 heavy (non-hydrogen) atoms. The molecule has 0 aliphatic heterocycles. The molecule has 7 heteroatoms. The predicted octanol–water partition coefficient (Wildman–Crippen LogP) is 3.46. The number of hydrogen-bond acceptors (Lipinski definition) is 4. The van der Waals surface area contributed by atoms with Gasteiger partial charge in [-0.2, -0.15) is 0 Å². The zero-order valence-electron chi connectivity index (χ0n) is 14.8. The van der Waals surface area contributed by atoms with E-state index in [1.54, 1.807) is 24.5 Å². The molecular formula is C20H19N3O4. The van der Waals surface area contributed by atoms with Gasteiger partial charge < -0.3 is 14.4 Å². The largest absolute Gasteiger partial charge is 0.478 e. The summed E-state index contributed by atoms with van der Waals surface area (Å²) in [6.45, 7) is 0.341. The maximum atomic E-state index is 12.7. The minimum Gasteiger partial charge on any atom is -0.478 e. The molecule has 1 N–H and O–H groups in total. The van der Waals surface area contributed by atoms with Crippen LogP contribution in [0.3, 0.4) is 0 Å². The fraction of sp³-hybridized carbons (Fsp3) is 0.150. The molecule has 1 amide bonds. The SMILES string of the molecule is Cn1ccnc1CN(C(=O)OCc1ccccc1)c1ccc(C(=O)O)cc1. The van der Waals surface area contributed by atoms with E-state index in [4.69, 9.17) is 9.84 Å². The van der Waals surface area contributed by atoms with Gasteiger partial charge in [-0.05, 0) is 29.8 Å². The topological polar surface area (TPSA) is 84.7 Å². The van der Waals surface area contributed by atoms with Crippen LogP contribution in [-0.4, -0.2) is 26.7 Å². The van der Waals surface area contributed by atoms with Crippen molar-refractivity contribution in [2.24, 2.45) is 7.05 Å². The van der Waals surface area contributed by atoms with Crippen LogP contribution in [-0.2, 0) is 24.9 Å². The molecule has 0 aliphatic carbocycles. The lowest BCUT2D eigenvalue weighted by molar-refractivity contribution is 0.0697. The van der Waals surface area contributed by atoms with E-state index in [0.717, 1.165) is 5.56 Å². The molecule has 0 spiro atoms. The van der Waals surface area contributed by atoms with Crippen molar-refractivity contribution in [2.75, 3.05) is 4.90 Å². The highest BCUT2D eigenvalue weighted by molar-refractivity contribution is 5.90. The molecular weight excluding hydrogens is 346 g/mol. The molecule has 0 unspecified atom stereocenters. The van der Waals surface area contributed by atoms with Gasteiger partial charge in [0.05, 0.1) is 12.1 Å². The molecule has 2 aromatic carbocycles. The van der Waals surface area contributed by atoms with E-state index in [9.17, 15) is 9.59 Å². The van der Waals surface area contributed by atoms with E-state index >= 15 is 0 Å². The van der Waals surface area contributed by atoms with Gasteiger partial charge in [0.2, 0.25) is 0 Å². The quantitative estimate of drug-likeness (QED) is 0.723. The second-order valence-electron chi connectivity index (χ2n) is 5.93. The van der Waals surface area contributed by atoms with Crippen molar-refractivity contribution >= 4 is 17.7 Å². The van der Waals surface area contributed by atoms with Gasteiger partial charge >= 0.3 is 12.1 Å². The smallest absolute Gasteiger partial charge is 0.415 e. The summed E-state index contributed by atoms with van der Waals surface area (Å²) in [6.07, 6.45) is 2.90. The summed E-state index contributed by atoms with van der Waals surface area (Å²) in [4.78, 5) is 29.5. The fourth-order valence-corrected chi connectivity index (χ4v) is 2.53. The minimum atomic E-state index is -1.02. The number of nitrogens with zero attached hydrogens (tertiary/aromatic N) is 3. The van der Waals surface area contributed by atoms with Crippen molar-refractivity contribution in [3.05, 3.63) is 83.9 Å². The van der Waals surface area contributed by atoms with E-state index < -0.39 is 12.1 Å². The maximum Gasteiger partial charge on any atom is 0.415 e.